The SMILES string of the molecule is COc1ccc(CNC(=O)[C@@H](CCS(C)(=O)=O)NC(=O)c2ccccc2)cc1. The lowest BCUT2D eigenvalue weighted by Crippen LogP contribution is -2.47. The molecule has 2 N–H and O–H groups in total. The Hall–Kier alpha value is -2.87. The van der Waals surface area contributed by atoms with Crippen LogP contribution >= 0.6 is 0 Å². The molecule has 0 spiro atoms. The first-order valence-electron chi connectivity index (χ1n) is 8.73. The van der Waals surface area contributed by atoms with Crippen LogP contribution in [0.15, 0.2) is 54.6 Å². The van der Waals surface area contributed by atoms with Gasteiger partial charge in [-0.3, -0.25) is 9.59 Å². The maximum Gasteiger partial charge on any atom is 0.251 e. The van der Waals surface area contributed by atoms with Crippen molar-refractivity contribution >= 4 is 21.7 Å². The van der Waals surface area contributed by atoms with Gasteiger partial charge in [-0.2, -0.15) is 0 Å². The number of hydrogen-bond acceptors (Lipinski definition) is 5. The minimum atomic E-state index is -3.27. The molecule has 1 atom stereocenters. The van der Waals surface area contributed by atoms with E-state index < -0.39 is 27.7 Å². The summed E-state index contributed by atoms with van der Waals surface area (Å²) in [5.74, 6) is -0.374. The predicted molar refractivity (Wildman–Crippen MR) is 107 cm³/mol. The van der Waals surface area contributed by atoms with Crippen LogP contribution in [-0.4, -0.2) is 45.4 Å². The summed E-state index contributed by atoms with van der Waals surface area (Å²) in [4.78, 5) is 25.0. The van der Waals surface area contributed by atoms with Crippen molar-refractivity contribution in [3.63, 3.8) is 0 Å². The Kier molecular flexibility index (Phi) is 7.57. The summed E-state index contributed by atoms with van der Waals surface area (Å²) in [5, 5.41) is 5.37. The molecule has 0 aliphatic heterocycles. The molecule has 0 saturated carbocycles. The van der Waals surface area contributed by atoms with Crippen LogP contribution in [0.5, 0.6) is 5.75 Å². The van der Waals surface area contributed by atoms with Crippen LogP contribution in [0.2, 0.25) is 0 Å². The van der Waals surface area contributed by atoms with E-state index in [4.69, 9.17) is 4.74 Å². The quantitative estimate of drug-likeness (QED) is 0.660. The van der Waals surface area contributed by atoms with Gasteiger partial charge < -0.3 is 15.4 Å². The van der Waals surface area contributed by atoms with Gasteiger partial charge in [0.2, 0.25) is 5.91 Å². The van der Waals surface area contributed by atoms with Crippen molar-refractivity contribution in [3.05, 3.63) is 65.7 Å². The van der Waals surface area contributed by atoms with Gasteiger partial charge in [-0.1, -0.05) is 30.3 Å². The van der Waals surface area contributed by atoms with Crippen molar-refractivity contribution < 1.29 is 22.7 Å². The molecule has 0 unspecified atom stereocenters. The van der Waals surface area contributed by atoms with Gasteiger partial charge in [0.25, 0.3) is 5.91 Å². The van der Waals surface area contributed by atoms with Crippen LogP contribution in [0.4, 0.5) is 0 Å². The highest BCUT2D eigenvalue weighted by Gasteiger charge is 2.22. The second-order valence-corrected chi connectivity index (χ2v) is 8.64. The highest BCUT2D eigenvalue weighted by molar-refractivity contribution is 7.90. The van der Waals surface area contributed by atoms with Gasteiger partial charge in [0, 0.05) is 18.4 Å². The van der Waals surface area contributed by atoms with Gasteiger partial charge in [0.1, 0.15) is 21.6 Å². The minimum absolute atomic E-state index is 0.00808. The fourth-order valence-corrected chi connectivity index (χ4v) is 3.15. The van der Waals surface area contributed by atoms with Crippen LogP contribution in [0.1, 0.15) is 22.3 Å². The molecular weight excluding hydrogens is 380 g/mol. The van der Waals surface area contributed by atoms with Gasteiger partial charge in [-0.25, -0.2) is 8.42 Å². The average Bonchev–Trinajstić information content (AvgIpc) is 2.69. The Morgan fingerprint density at radius 3 is 2.25 bits per heavy atom. The fraction of sp³-hybridized carbons (Fsp3) is 0.300. The first-order valence-corrected chi connectivity index (χ1v) is 10.8. The van der Waals surface area contributed by atoms with Crippen LogP contribution in [-0.2, 0) is 21.2 Å². The second kappa shape index (κ2) is 9.89. The summed E-state index contributed by atoms with van der Waals surface area (Å²) >= 11 is 0. The zero-order valence-electron chi connectivity index (χ0n) is 15.8. The van der Waals surface area contributed by atoms with Crippen molar-refractivity contribution in [2.75, 3.05) is 19.1 Å². The minimum Gasteiger partial charge on any atom is -0.497 e. The number of carbonyl (C=O) groups is 2. The zero-order valence-corrected chi connectivity index (χ0v) is 16.7. The van der Waals surface area contributed by atoms with Gasteiger partial charge in [-0.05, 0) is 36.2 Å². The Labute approximate surface area is 165 Å². The molecular formula is C20H24N2O5S. The second-order valence-electron chi connectivity index (χ2n) is 6.38. The molecule has 0 saturated heterocycles. The fourth-order valence-electron chi connectivity index (χ4n) is 2.49. The maximum absolute atomic E-state index is 12.6. The molecule has 2 amide bonds. The summed E-state index contributed by atoms with van der Waals surface area (Å²) in [6.07, 6.45) is 1.09. The largest absolute Gasteiger partial charge is 0.497 e. The number of amides is 2. The van der Waals surface area contributed by atoms with E-state index in [-0.39, 0.29) is 18.7 Å². The third-order valence-electron chi connectivity index (χ3n) is 4.06. The number of methoxy groups -OCH3 is 1. The summed E-state index contributed by atoms with van der Waals surface area (Å²) in [5.41, 5.74) is 1.25. The van der Waals surface area contributed by atoms with Crippen molar-refractivity contribution in [1.29, 1.82) is 0 Å². The topological polar surface area (TPSA) is 102 Å². The Morgan fingerprint density at radius 2 is 1.68 bits per heavy atom. The summed E-state index contributed by atoms with van der Waals surface area (Å²) in [6, 6.07) is 14.7. The van der Waals surface area contributed by atoms with E-state index in [0.717, 1.165) is 11.8 Å². The molecule has 150 valence electrons. The standard InChI is InChI=1S/C20H24N2O5S/c1-27-17-10-8-15(9-11-17)14-21-20(24)18(12-13-28(2,25)26)22-19(23)16-6-4-3-5-7-16/h3-11,18H,12-14H2,1-2H3,(H,21,24)(H,22,23)/t18-/m1/s1. The summed E-state index contributed by atoms with van der Waals surface area (Å²) in [7, 11) is -1.71. The Balaban J connectivity index is 2.03. The van der Waals surface area contributed by atoms with Crippen LogP contribution in [0, 0.1) is 0 Å². The van der Waals surface area contributed by atoms with Crippen molar-refractivity contribution in [2.45, 2.75) is 19.0 Å². The smallest absolute Gasteiger partial charge is 0.251 e. The molecule has 0 aliphatic carbocycles. The van der Waals surface area contributed by atoms with E-state index in [1.807, 2.05) is 12.1 Å². The molecule has 0 aromatic heterocycles. The molecule has 0 fully saturated rings. The van der Waals surface area contributed by atoms with Crippen LogP contribution in [0.3, 0.4) is 0 Å². The van der Waals surface area contributed by atoms with E-state index in [9.17, 15) is 18.0 Å². The first-order chi connectivity index (χ1) is 13.3. The Bertz CT molecular complexity index is 896. The van der Waals surface area contributed by atoms with Crippen molar-refractivity contribution in [1.82, 2.24) is 10.6 Å². The molecule has 8 heteroatoms. The monoisotopic (exact) mass is 404 g/mol. The number of sulfone groups is 1. The Morgan fingerprint density at radius 1 is 1.04 bits per heavy atom. The molecule has 0 bridgehead atoms. The van der Waals surface area contributed by atoms with Gasteiger partial charge in [0.15, 0.2) is 0 Å². The third kappa shape index (κ3) is 7.03. The number of benzene rings is 2. The summed E-state index contributed by atoms with van der Waals surface area (Å²) < 4.78 is 28.1. The number of carbonyl (C=O) groups excluding carboxylic acids is 2. The molecule has 2 aromatic rings. The van der Waals surface area contributed by atoms with Crippen LogP contribution < -0.4 is 15.4 Å². The molecule has 7 nitrogen and oxygen atoms in total. The van der Waals surface area contributed by atoms with E-state index in [1.165, 1.54) is 0 Å². The molecule has 0 heterocycles. The molecule has 2 rings (SSSR count). The number of nitrogens with one attached hydrogen (secondary N) is 2. The molecule has 2 aromatic carbocycles. The van der Waals surface area contributed by atoms with E-state index in [1.54, 1.807) is 49.6 Å². The lowest BCUT2D eigenvalue weighted by Gasteiger charge is -2.18. The lowest BCUT2D eigenvalue weighted by atomic mass is 10.1. The van der Waals surface area contributed by atoms with Crippen molar-refractivity contribution in [2.24, 2.45) is 0 Å². The number of ether oxygens (including phenoxy) is 1. The van der Waals surface area contributed by atoms with Gasteiger partial charge in [0.05, 0.1) is 12.9 Å². The lowest BCUT2D eigenvalue weighted by molar-refractivity contribution is -0.123. The third-order valence-corrected chi connectivity index (χ3v) is 5.04. The maximum atomic E-state index is 12.6. The van der Waals surface area contributed by atoms with E-state index >= 15 is 0 Å². The number of hydrogen-bond donors (Lipinski definition) is 2. The molecule has 28 heavy (non-hydrogen) atoms. The van der Waals surface area contributed by atoms with Gasteiger partial charge in [-0.15, -0.1) is 0 Å². The normalized spacial score (nSPS) is 12.1. The zero-order chi connectivity index (χ0) is 20.6. The highest BCUT2D eigenvalue weighted by Crippen LogP contribution is 2.11. The highest BCUT2D eigenvalue weighted by atomic mass is 32.2. The molecule has 0 aliphatic rings. The molecule has 0 radical (unpaired) electrons. The van der Waals surface area contributed by atoms with Crippen LogP contribution in [0.25, 0.3) is 0 Å². The van der Waals surface area contributed by atoms with Crippen molar-refractivity contribution in [3.8, 4) is 5.75 Å². The number of rotatable bonds is 9. The van der Waals surface area contributed by atoms with E-state index in [2.05, 4.69) is 10.6 Å². The first kappa shape index (κ1) is 21.4. The average molecular weight is 404 g/mol. The predicted octanol–water partition coefficient (Wildman–Crippen LogP) is 1.54. The summed E-state index contributed by atoms with van der Waals surface area (Å²) in [6.45, 7) is 0.249. The van der Waals surface area contributed by atoms with E-state index in [0.29, 0.717) is 11.3 Å². The van der Waals surface area contributed by atoms with Gasteiger partial charge >= 0.3 is 0 Å².